The van der Waals surface area contributed by atoms with Crippen LogP contribution in [0.15, 0.2) is 55.1 Å². The van der Waals surface area contributed by atoms with Crippen LogP contribution in [-0.4, -0.2) is 58.8 Å². The third kappa shape index (κ3) is 4.02. The van der Waals surface area contributed by atoms with Crippen LogP contribution in [0.25, 0.3) is 11.0 Å². The number of amides is 1. The molecular formula is C23H24N6O3. The van der Waals surface area contributed by atoms with Gasteiger partial charge in [-0.2, -0.15) is 0 Å². The second-order valence-corrected chi connectivity index (χ2v) is 7.58. The van der Waals surface area contributed by atoms with Crippen molar-refractivity contribution in [2.24, 2.45) is 0 Å². The van der Waals surface area contributed by atoms with Crippen LogP contribution in [0, 0.1) is 0 Å². The zero-order valence-electron chi connectivity index (χ0n) is 17.7. The van der Waals surface area contributed by atoms with Crippen molar-refractivity contribution in [1.82, 2.24) is 19.5 Å². The van der Waals surface area contributed by atoms with Gasteiger partial charge in [0.15, 0.2) is 0 Å². The fourth-order valence-electron chi connectivity index (χ4n) is 3.87. The smallest absolute Gasteiger partial charge is 0.257 e. The maximum Gasteiger partial charge on any atom is 0.257 e. The Morgan fingerprint density at radius 1 is 1.19 bits per heavy atom. The molecule has 164 valence electrons. The number of aromatic nitrogens is 4. The lowest BCUT2D eigenvalue weighted by Gasteiger charge is -2.29. The van der Waals surface area contributed by atoms with Gasteiger partial charge in [-0.15, -0.1) is 0 Å². The van der Waals surface area contributed by atoms with E-state index in [2.05, 4.69) is 25.2 Å². The highest BCUT2D eigenvalue weighted by molar-refractivity contribution is 6.04. The van der Waals surface area contributed by atoms with Gasteiger partial charge in [0.1, 0.15) is 16.8 Å². The molecule has 0 bridgehead atoms. The van der Waals surface area contributed by atoms with E-state index in [0.717, 1.165) is 35.4 Å². The summed E-state index contributed by atoms with van der Waals surface area (Å²) in [5.41, 5.74) is 4.15. The molecule has 3 heterocycles. The van der Waals surface area contributed by atoms with Crippen LogP contribution in [-0.2, 0) is 11.3 Å². The van der Waals surface area contributed by atoms with Gasteiger partial charge in [0, 0.05) is 37.6 Å². The van der Waals surface area contributed by atoms with Crippen molar-refractivity contribution in [1.29, 1.82) is 0 Å². The Morgan fingerprint density at radius 2 is 2.00 bits per heavy atom. The van der Waals surface area contributed by atoms with Crippen LogP contribution in [0.3, 0.4) is 0 Å². The number of anilines is 2. The monoisotopic (exact) mass is 432 g/mol. The number of aromatic amines is 1. The normalized spacial score (nSPS) is 14.0. The molecule has 9 heteroatoms. The Bertz CT molecular complexity index is 1210. The van der Waals surface area contributed by atoms with Gasteiger partial charge in [-0.05, 0) is 29.8 Å². The highest BCUT2D eigenvalue weighted by Gasteiger charge is 2.19. The zero-order valence-corrected chi connectivity index (χ0v) is 17.7. The van der Waals surface area contributed by atoms with E-state index < -0.39 is 0 Å². The van der Waals surface area contributed by atoms with E-state index in [4.69, 9.17) is 9.47 Å². The van der Waals surface area contributed by atoms with Gasteiger partial charge in [0.2, 0.25) is 5.95 Å². The molecule has 0 unspecified atom stereocenters. The molecule has 32 heavy (non-hydrogen) atoms. The van der Waals surface area contributed by atoms with Crippen LogP contribution < -0.4 is 15.0 Å². The number of rotatable bonds is 6. The van der Waals surface area contributed by atoms with Crippen LogP contribution in [0.5, 0.6) is 5.75 Å². The Balaban J connectivity index is 1.37. The number of imidazole rings is 2. The quantitative estimate of drug-likeness (QED) is 0.486. The Kier molecular flexibility index (Phi) is 5.47. The zero-order chi connectivity index (χ0) is 21.9. The number of H-pyrrole nitrogens is 1. The van der Waals surface area contributed by atoms with Crippen molar-refractivity contribution in [3.63, 3.8) is 0 Å². The van der Waals surface area contributed by atoms with Gasteiger partial charge in [-0.25, -0.2) is 9.97 Å². The Labute approximate surface area is 185 Å². The third-order valence-electron chi connectivity index (χ3n) is 5.53. The van der Waals surface area contributed by atoms with Crippen LogP contribution >= 0.6 is 0 Å². The highest BCUT2D eigenvalue weighted by Crippen LogP contribution is 2.33. The first-order valence-corrected chi connectivity index (χ1v) is 10.5. The molecule has 1 amide bonds. The van der Waals surface area contributed by atoms with Crippen LogP contribution in [0.1, 0.15) is 15.9 Å². The lowest BCUT2D eigenvalue weighted by atomic mass is 10.1. The molecule has 1 aliphatic heterocycles. The number of carbonyl (C=O) groups excluding carboxylic acids is 1. The topological polar surface area (TPSA) is 97.3 Å². The molecule has 0 spiro atoms. The molecule has 5 rings (SSSR count). The lowest BCUT2D eigenvalue weighted by molar-refractivity contribution is 0.102. The Morgan fingerprint density at radius 3 is 2.72 bits per heavy atom. The predicted octanol–water partition coefficient (Wildman–Crippen LogP) is 2.91. The number of ether oxygens (including phenoxy) is 2. The first kappa shape index (κ1) is 20.1. The summed E-state index contributed by atoms with van der Waals surface area (Å²) in [5.74, 6) is 0.825. The van der Waals surface area contributed by atoms with Crippen molar-refractivity contribution < 1.29 is 14.3 Å². The first-order valence-electron chi connectivity index (χ1n) is 10.5. The van der Waals surface area contributed by atoms with E-state index in [0.29, 0.717) is 37.0 Å². The van der Waals surface area contributed by atoms with Gasteiger partial charge in [-0.3, -0.25) is 10.1 Å². The molecule has 0 saturated carbocycles. The number of nitrogens with one attached hydrogen (secondary N) is 2. The second kappa shape index (κ2) is 8.72. The third-order valence-corrected chi connectivity index (χ3v) is 5.53. The van der Waals surface area contributed by atoms with Gasteiger partial charge in [0.25, 0.3) is 5.91 Å². The number of methoxy groups -OCH3 is 1. The predicted molar refractivity (Wildman–Crippen MR) is 121 cm³/mol. The maximum atomic E-state index is 12.8. The fourth-order valence-corrected chi connectivity index (χ4v) is 3.87. The van der Waals surface area contributed by atoms with Gasteiger partial charge < -0.3 is 23.9 Å². The van der Waals surface area contributed by atoms with E-state index in [-0.39, 0.29) is 5.91 Å². The van der Waals surface area contributed by atoms with Crippen LogP contribution in [0.2, 0.25) is 0 Å². The molecule has 0 atom stereocenters. The SMILES string of the molecule is COc1ccc(N2CCOCC2)c2nc(NC(=O)c3ccc(Cn4ccnc4)cc3)[nH]c12. The molecule has 4 aromatic rings. The number of hydrogen-bond acceptors (Lipinski definition) is 6. The summed E-state index contributed by atoms with van der Waals surface area (Å²) in [6.45, 7) is 3.65. The number of carbonyl (C=O) groups is 1. The van der Waals surface area contributed by atoms with Gasteiger partial charge >= 0.3 is 0 Å². The molecule has 2 aromatic heterocycles. The number of fused-ring (bicyclic) bond motifs is 1. The average molecular weight is 432 g/mol. The molecular weight excluding hydrogens is 408 g/mol. The highest BCUT2D eigenvalue weighted by atomic mass is 16.5. The van der Waals surface area contributed by atoms with Crippen molar-refractivity contribution in [3.05, 3.63) is 66.2 Å². The van der Waals surface area contributed by atoms with Crippen LogP contribution in [0.4, 0.5) is 11.6 Å². The summed E-state index contributed by atoms with van der Waals surface area (Å²) >= 11 is 0. The van der Waals surface area contributed by atoms with E-state index in [1.807, 2.05) is 47.2 Å². The minimum atomic E-state index is -0.231. The van der Waals surface area contributed by atoms with E-state index in [9.17, 15) is 4.79 Å². The maximum absolute atomic E-state index is 12.8. The molecule has 0 aliphatic carbocycles. The van der Waals surface area contributed by atoms with E-state index in [1.54, 1.807) is 19.6 Å². The molecule has 0 radical (unpaired) electrons. The summed E-state index contributed by atoms with van der Waals surface area (Å²) in [6.07, 6.45) is 5.41. The van der Waals surface area contributed by atoms with Gasteiger partial charge in [-0.1, -0.05) is 12.1 Å². The summed E-state index contributed by atoms with van der Waals surface area (Å²) < 4.78 is 12.9. The Hall–Kier alpha value is -3.85. The minimum absolute atomic E-state index is 0.231. The van der Waals surface area contributed by atoms with E-state index >= 15 is 0 Å². The number of hydrogen-bond donors (Lipinski definition) is 2. The largest absolute Gasteiger partial charge is 0.494 e. The first-order chi connectivity index (χ1) is 15.7. The average Bonchev–Trinajstić information content (AvgIpc) is 3.49. The summed E-state index contributed by atoms with van der Waals surface area (Å²) in [6, 6.07) is 11.4. The van der Waals surface area contributed by atoms with Crippen molar-refractivity contribution >= 4 is 28.6 Å². The second-order valence-electron chi connectivity index (χ2n) is 7.58. The molecule has 9 nitrogen and oxygen atoms in total. The van der Waals surface area contributed by atoms with E-state index in [1.165, 1.54) is 0 Å². The summed E-state index contributed by atoms with van der Waals surface area (Å²) in [5, 5.41) is 2.87. The molecule has 1 saturated heterocycles. The number of morpholine rings is 1. The molecule has 1 aliphatic rings. The summed E-state index contributed by atoms with van der Waals surface area (Å²) in [7, 11) is 1.62. The number of nitrogens with zero attached hydrogens (tertiary/aromatic N) is 4. The number of benzene rings is 2. The summed E-state index contributed by atoms with van der Waals surface area (Å²) in [4.78, 5) is 27.0. The standard InChI is InChI=1S/C23H24N6O3/c1-31-19-7-6-18(29-10-12-32-13-11-29)20-21(19)26-23(25-20)27-22(30)17-4-2-16(3-5-17)14-28-9-8-24-15-28/h2-9,15H,10-14H2,1H3,(H2,25,26,27,30). The lowest BCUT2D eigenvalue weighted by Crippen LogP contribution is -2.36. The molecule has 2 N–H and O–H groups in total. The molecule has 2 aromatic carbocycles. The van der Waals surface area contributed by atoms with Crippen molar-refractivity contribution in [2.45, 2.75) is 6.54 Å². The van der Waals surface area contributed by atoms with Gasteiger partial charge in [0.05, 0.1) is 32.3 Å². The minimum Gasteiger partial charge on any atom is -0.494 e. The fraction of sp³-hybridized carbons (Fsp3) is 0.261. The molecule has 1 fully saturated rings. The van der Waals surface area contributed by atoms with Crippen molar-refractivity contribution in [3.8, 4) is 5.75 Å². The van der Waals surface area contributed by atoms with Crippen molar-refractivity contribution in [2.75, 3.05) is 43.6 Å².